The Morgan fingerprint density at radius 1 is 1.23 bits per heavy atom. The van der Waals surface area contributed by atoms with Gasteiger partial charge in [-0.2, -0.15) is 0 Å². The molecule has 0 heterocycles. The minimum atomic E-state index is -1.15. The Morgan fingerprint density at radius 3 is 2.29 bits per heavy atom. The third-order valence-corrected chi connectivity index (χ3v) is 8.50. The molecule has 0 aliphatic heterocycles. The summed E-state index contributed by atoms with van der Waals surface area (Å²) >= 11 is 0. The van der Waals surface area contributed by atoms with Crippen molar-refractivity contribution in [2.24, 2.45) is 34.0 Å². The average molecular weight is 433 g/mol. The molecule has 0 aromatic carbocycles. The molecule has 5 heteroatoms. The maximum atomic E-state index is 14.0. The molecular formula is C26H40O5. The van der Waals surface area contributed by atoms with Gasteiger partial charge >= 0.3 is 0 Å². The Kier molecular flexibility index (Phi) is 5.68. The van der Waals surface area contributed by atoms with Crippen LogP contribution in [0.1, 0.15) is 81.1 Å². The summed E-state index contributed by atoms with van der Waals surface area (Å²) in [7, 11) is 0. The molecule has 5 atom stereocenters. The second-order valence-electron chi connectivity index (χ2n) is 12.1. The number of aliphatic hydroxyl groups is 3. The van der Waals surface area contributed by atoms with Crippen LogP contribution in [-0.4, -0.2) is 38.6 Å². The van der Waals surface area contributed by atoms with Crippen molar-refractivity contribution in [2.75, 3.05) is 0 Å². The molecule has 3 aliphatic carbocycles. The lowest BCUT2D eigenvalue weighted by Crippen LogP contribution is -2.53. The van der Waals surface area contributed by atoms with Crippen LogP contribution in [0.2, 0.25) is 0 Å². The maximum Gasteiger partial charge on any atom is 0.178 e. The third kappa shape index (κ3) is 3.26. The van der Waals surface area contributed by atoms with Crippen molar-refractivity contribution in [2.45, 2.75) is 92.8 Å². The van der Waals surface area contributed by atoms with Crippen LogP contribution in [-0.2, 0) is 9.59 Å². The summed E-state index contributed by atoms with van der Waals surface area (Å²) in [6, 6.07) is 0. The minimum absolute atomic E-state index is 0.0521. The van der Waals surface area contributed by atoms with E-state index in [-0.39, 0.29) is 41.3 Å². The van der Waals surface area contributed by atoms with Gasteiger partial charge in [0.15, 0.2) is 11.6 Å². The molecule has 0 saturated heterocycles. The Hall–Kier alpha value is -1.46. The van der Waals surface area contributed by atoms with Gasteiger partial charge in [0.2, 0.25) is 0 Å². The van der Waals surface area contributed by atoms with Gasteiger partial charge in [-0.05, 0) is 70.1 Å². The van der Waals surface area contributed by atoms with Crippen LogP contribution in [0.3, 0.4) is 0 Å². The molecule has 1 spiro atoms. The zero-order valence-electron chi connectivity index (χ0n) is 20.4. The van der Waals surface area contributed by atoms with E-state index in [0.29, 0.717) is 19.3 Å². The summed E-state index contributed by atoms with van der Waals surface area (Å²) in [6.07, 6.45) is 2.20. The number of hydrogen-bond donors (Lipinski definition) is 3. The fourth-order valence-electron chi connectivity index (χ4n) is 7.13. The van der Waals surface area contributed by atoms with E-state index in [2.05, 4.69) is 13.8 Å². The summed E-state index contributed by atoms with van der Waals surface area (Å²) in [6.45, 7) is 15.4. The first-order chi connectivity index (χ1) is 14.0. The lowest BCUT2D eigenvalue weighted by atomic mass is 9.61. The van der Waals surface area contributed by atoms with Crippen LogP contribution in [0.15, 0.2) is 23.0 Å². The molecule has 174 valence electrons. The maximum absolute atomic E-state index is 14.0. The van der Waals surface area contributed by atoms with Crippen molar-refractivity contribution in [3.05, 3.63) is 23.0 Å². The van der Waals surface area contributed by atoms with Crippen LogP contribution < -0.4 is 0 Å². The molecular weight excluding hydrogens is 392 g/mol. The van der Waals surface area contributed by atoms with Crippen LogP contribution >= 0.6 is 0 Å². The van der Waals surface area contributed by atoms with E-state index in [1.807, 2.05) is 33.8 Å². The van der Waals surface area contributed by atoms with E-state index < -0.39 is 33.7 Å². The van der Waals surface area contributed by atoms with Crippen molar-refractivity contribution < 1.29 is 24.9 Å². The SMILES string of the molecule is CC(C)=CCC12C[C@@H]3C(C)(C)[C@H](C(C)(C)O)C[C@]3(C(=O)C(C(=O)CC(C)C)=C1O)C2O. The number of aliphatic hydroxyl groups excluding tert-OH is 2. The second kappa shape index (κ2) is 7.28. The highest BCUT2D eigenvalue weighted by atomic mass is 16.3. The zero-order valence-corrected chi connectivity index (χ0v) is 20.4. The molecule has 2 fully saturated rings. The van der Waals surface area contributed by atoms with Gasteiger partial charge in [0.05, 0.1) is 28.1 Å². The van der Waals surface area contributed by atoms with E-state index in [1.54, 1.807) is 13.8 Å². The molecule has 0 aromatic heterocycles. The summed E-state index contributed by atoms with van der Waals surface area (Å²) in [4.78, 5) is 27.2. The number of Topliss-reactive ketones (excluding diaryl/α,β-unsaturated/α-hetero) is 2. The van der Waals surface area contributed by atoms with E-state index in [0.717, 1.165) is 5.57 Å². The third-order valence-electron chi connectivity index (χ3n) is 8.50. The normalized spacial score (nSPS) is 36.7. The fraction of sp³-hybridized carbons (Fsp3) is 0.769. The van der Waals surface area contributed by atoms with Crippen molar-refractivity contribution in [1.82, 2.24) is 0 Å². The minimum Gasteiger partial charge on any atom is -0.511 e. The lowest BCUT2D eigenvalue weighted by molar-refractivity contribution is -0.141. The fourth-order valence-corrected chi connectivity index (χ4v) is 7.13. The summed E-state index contributed by atoms with van der Waals surface area (Å²) < 4.78 is 0. The molecule has 5 nitrogen and oxygen atoms in total. The van der Waals surface area contributed by atoms with Gasteiger partial charge in [-0.1, -0.05) is 39.3 Å². The molecule has 3 N–H and O–H groups in total. The van der Waals surface area contributed by atoms with Gasteiger partial charge in [-0.15, -0.1) is 0 Å². The molecule has 2 unspecified atom stereocenters. The van der Waals surface area contributed by atoms with Crippen LogP contribution in [0.25, 0.3) is 0 Å². The lowest BCUT2D eigenvalue weighted by Gasteiger charge is -2.44. The monoisotopic (exact) mass is 432 g/mol. The first-order valence-electron chi connectivity index (χ1n) is 11.6. The number of carbonyl (C=O) groups excluding carboxylic acids is 2. The van der Waals surface area contributed by atoms with Crippen LogP contribution in [0.4, 0.5) is 0 Å². The highest BCUT2D eigenvalue weighted by Crippen LogP contribution is 2.74. The molecule has 0 amide bonds. The van der Waals surface area contributed by atoms with Crippen molar-refractivity contribution >= 4 is 11.6 Å². The standard InChI is InChI=1S/C26H40O5/c1-14(2)9-10-25-12-18-23(5,6)17(24(7,8)31)13-26(18,22(25)30)21(29)19(20(25)28)16(27)11-15(3)4/h9,15,17-18,22,28,30-31H,10-13H2,1-8H3/t17-,18-,22?,25?,26+/m1/s1. The Morgan fingerprint density at radius 2 is 1.81 bits per heavy atom. The first-order valence-corrected chi connectivity index (χ1v) is 11.6. The van der Waals surface area contributed by atoms with E-state index in [9.17, 15) is 24.9 Å². The first kappa shape index (κ1) is 24.2. The van der Waals surface area contributed by atoms with Gasteiger partial charge in [-0.25, -0.2) is 0 Å². The van der Waals surface area contributed by atoms with Crippen molar-refractivity contribution in [1.29, 1.82) is 0 Å². The van der Waals surface area contributed by atoms with E-state index in [1.165, 1.54) is 0 Å². The Labute approximate surface area is 186 Å². The van der Waals surface area contributed by atoms with Gasteiger partial charge in [0.1, 0.15) is 5.76 Å². The number of hydrogen-bond acceptors (Lipinski definition) is 5. The summed E-state index contributed by atoms with van der Waals surface area (Å²) in [5, 5.41) is 34.1. The molecule has 0 radical (unpaired) electrons. The second-order valence-corrected chi connectivity index (χ2v) is 12.1. The van der Waals surface area contributed by atoms with Gasteiger partial charge in [0.25, 0.3) is 0 Å². The number of carbonyl (C=O) groups is 2. The van der Waals surface area contributed by atoms with Gasteiger partial charge in [0, 0.05) is 6.42 Å². The van der Waals surface area contributed by atoms with Crippen LogP contribution in [0, 0.1) is 34.0 Å². The topological polar surface area (TPSA) is 94.8 Å². The molecule has 2 bridgehead atoms. The van der Waals surface area contributed by atoms with E-state index >= 15 is 0 Å². The highest BCUT2D eigenvalue weighted by Gasteiger charge is 2.77. The molecule has 0 aromatic rings. The smallest absolute Gasteiger partial charge is 0.178 e. The van der Waals surface area contributed by atoms with Gasteiger partial charge in [-0.3, -0.25) is 9.59 Å². The molecule has 31 heavy (non-hydrogen) atoms. The summed E-state index contributed by atoms with van der Waals surface area (Å²) in [5.74, 6) is -1.38. The quantitative estimate of drug-likeness (QED) is 0.424. The molecule has 3 rings (SSSR count). The average Bonchev–Trinajstić information content (AvgIpc) is 2.97. The highest BCUT2D eigenvalue weighted by molar-refractivity contribution is 6.24. The number of fused-ring (bicyclic) bond motifs is 1. The predicted octanol–water partition coefficient (Wildman–Crippen LogP) is 4.52. The summed E-state index contributed by atoms with van der Waals surface area (Å²) in [5.41, 5.74) is -2.72. The zero-order chi connectivity index (χ0) is 23.7. The van der Waals surface area contributed by atoms with E-state index in [4.69, 9.17) is 0 Å². The van der Waals surface area contributed by atoms with Gasteiger partial charge < -0.3 is 15.3 Å². The Bertz CT molecular complexity index is 852. The molecule has 3 aliphatic rings. The number of ketones is 2. The predicted molar refractivity (Wildman–Crippen MR) is 120 cm³/mol. The van der Waals surface area contributed by atoms with Crippen molar-refractivity contribution in [3.8, 4) is 0 Å². The molecule has 2 saturated carbocycles. The largest absolute Gasteiger partial charge is 0.511 e. The van der Waals surface area contributed by atoms with Crippen molar-refractivity contribution in [3.63, 3.8) is 0 Å². The number of rotatable bonds is 6. The number of allylic oxidation sites excluding steroid dienone is 3. The Balaban J connectivity index is 2.25. The van der Waals surface area contributed by atoms with Crippen LogP contribution in [0.5, 0.6) is 0 Å².